The van der Waals surface area contributed by atoms with Gasteiger partial charge < -0.3 is 4.74 Å². The molecule has 2 rings (SSSR count). The van der Waals surface area contributed by atoms with Crippen LogP contribution in [0.25, 0.3) is 12.2 Å². The highest BCUT2D eigenvalue weighted by Gasteiger charge is 2.08. The summed E-state index contributed by atoms with van der Waals surface area (Å²) in [6, 6.07) is 12.0. The highest BCUT2D eigenvalue weighted by Crippen LogP contribution is 2.15. The van der Waals surface area contributed by atoms with E-state index in [1.807, 2.05) is 55.5 Å². The maximum Gasteiger partial charge on any atom is 0.293 e. The number of aromatic amines is 1. The smallest absolute Gasteiger partial charge is 0.293 e. The van der Waals surface area contributed by atoms with E-state index in [2.05, 4.69) is 10.2 Å². The summed E-state index contributed by atoms with van der Waals surface area (Å²) in [6.45, 7) is 2.79. The van der Waals surface area contributed by atoms with Crippen LogP contribution in [0.1, 0.15) is 29.8 Å². The molecule has 1 unspecified atom stereocenters. The van der Waals surface area contributed by atoms with Crippen LogP contribution in [0, 0.1) is 0 Å². The van der Waals surface area contributed by atoms with E-state index >= 15 is 0 Å². The fraction of sp³-hybridized carbons (Fsp3) is 0.200. The second-order valence-corrected chi connectivity index (χ2v) is 4.32. The summed E-state index contributed by atoms with van der Waals surface area (Å²) < 4.78 is 4.74. The Morgan fingerprint density at radius 3 is 2.84 bits per heavy atom. The van der Waals surface area contributed by atoms with Crippen molar-refractivity contribution >= 4 is 18.6 Å². The largest absolute Gasteiger partial charge is 0.467 e. The molecule has 1 atom stereocenters. The summed E-state index contributed by atoms with van der Waals surface area (Å²) in [5.41, 5.74) is 2.94. The van der Waals surface area contributed by atoms with Crippen molar-refractivity contribution in [2.75, 3.05) is 6.61 Å². The number of benzene rings is 1. The molecule has 1 aromatic heterocycles. The normalized spacial score (nSPS) is 12.5. The lowest BCUT2D eigenvalue weighted by Gasteiger charge is -2.05. The Labute approximate surface area is 112 Å². The number of carbonyl (C=O) groups is 1. The minimum Gasteiger partial charge on any atom is -0.467 e. The molecule has 1 aromatic carbocycles. The van der Waals surface area contributed by atoms with Gasteiger partial charge in [0, 0.05) is 11.6 Å². The molecule has 98 valence electrons. The molecule has 0 saturated carbocycles. The molecule has 1 heterocycles. The van der Waals surface area contributed by atoms with Crippen LogP contribution in [0.2, 0.25) is 0 Å². The molecule has 4 nitrogen and oxygen atoms in total. The predicted octanol–water partition coefficient (Wildman–Crippen LogP) is 2.86. The topological polar surface area (TPSA) is 55.0 Å². The first kappa shape index (κ1) is 13.1. The van der Waals surface area contributed by atoms with Crippen molar-refractivity contribution in [3.05, 3.63) is 53.3 Å². The van der Waals surface area contributed by atoms with Gasteiger partial charge in [0.25, 0.3) is 6.47 Å². The minimum absolute atomic E-state index is 0.108. The first-order valence-corrected chi connectivity index (χ1v) is 6.13. The maximum absolute atomic E-state index is 10.1. The van der Waals surface area contributed by atoms with E-state index < -0.39 is 0 Å². The SMILES string of the molecule is CC(COC=O)c1cc(C=Cc2ccccc2)n[nH]1. The lowest BCUT2D eigenvalue weighted by atomic mass is 10.1. The average Bonchev–Trinajstić information content (AvgIpc) is 2.92. The van der Waals surface area contributed by atoms with E-state index in [-0.39, 0.29) is 5.92 Å². The first-order valence-electron chi connectivity index (χ1n) is 6.13. The third-order valence-electron chi connectivity index (χ3n) is 2.81. The molecule has 0 radical (unpaired) electrons. The van der Waals surface area contributed by atoms with Crippen LogP contribution in [-0.2, 0) is 9.53 Å². The number of H-pyrrole nitrogens is 1. The van der Waals surface area contributed by atoms with Crippen molar-refractivity contribution in [2.45, 2.75) is 12.8 Å². The fourth-order valence-electron chi connectivity index (χ4n) is 1.71. The zero-order chi connectivity index (χ0) is 13.5. The summed E-state index contributed by atoms with van der Waals surface area (Å²) in [4.78, 5) is 10.1. The monoisotopic (exact) mass is 256 g/mol. The van der Waals surface area contributed by atoms with E-state index in [1.54, 1.807) is 0 Å². The van der Waals surface area contributed by atoms with Crippen molar-refractivity contribution in [3.63, 3.8) is 0 Å². The lowest BCUT2D eigenvalue weighted by molar-refractivity contribution is -0.129. The Morgan fingerprint density at radius 1 is 1.32 bits per heavy atom. The Kier molecular flexibility index (Phi) is 4.50. The van der Waals surface area contributed by atoms with E-state index in [0.717, 1.165) is 17.0 Å². The van der Waals surface area contributed by atoms with Crippen LogP contribution in [0.3, 0.4) is 0 Å². The molecule has 4 heteroatoms. The lowest BCUT2D eigenvalue weighted by Crippen LogP contribution is -2.03. The molecular formula is C15H16N2O2. The van der Waals surface area contributed by atoms with Crippen LogP contribution in [-0.4, -0.2) is 23.3 Å². The summed E-state index contributed by atoms with van der Waals surface area (Å²) in [5, 5.41) is 7.16. The number of aromatic nitrogens is 2. The van der Waals surface area contributed by atoms with Gasteiger partial charge in [-0.25, -0.2) is 0 Å². The zero-order valence-corrected chi connectivity index (χ0v) is 10.7. The zero-order valence-electron chi connectivity index (χ0n) is 10.7. The standard InChI is InChI=1S/C15H16N2O2/c1-12(10-19-11-18)15-9-14(16-17-15)8-7-13-5-3-2-4-6-13/h2-9,11-12H,10H2,1H3,(H,16,17). The van der Waals surface area contributed by atoms with E-state index in [0.29, 0.717) is 13.1 Å². The van der Waals surface area contributed by atoms with Gasteiger partial charge in [0.2, 0.25) is 0 Å². The summed E-state index contributed by atoms with van der Waals surface area (Å²) in [7, 11) is 0. The van der Waals surface area contributed by atoms with Crippen molar-refractivity contribution in [1.29, 1.82) is 0 Å². The number of carbonyl (C=O) groups excluding carboxylic acids is 1. The van der Waals surface area contributed by atoms with Crippen LogP contribution in [0.15, 0.2) is 36.4 Å². The molecule has 0 aliphatic heterocycles. The Hall–Kier alpha value is -2.36. The summed E-state index contributed by atoms with van der Waals surface area (Å²) >= 11 is 0. The van der Waals surface area contributed by atoms with Crippen molar-refractivity contribution in [3.8, 4) is 0 Å². The molecule has 1 N–H and O–H groups in total. The van der Waals surface area contributed by atoms with Gasteiger partial charge in [-0.1, -0.05) is 43.3 Å². The van der Waals surface area contributed by atoms with Crippen LogP contribution < -0.4 is 0 Å². The van der Waals surface area contributed by atoms with Crippen LogP contribution in [0.5, 0.6) is 0 Å². The Bertz CT molecular complexity index is 546. The van der Waals surface area contributed by atoms with Gasteiger partial charge in [-0.05, 0) is 17.7 Å². The van der Waals surface area contributed by atoms with Crippen molar-refractivity contribution in [2.24, 2.45) is 0 Å². The van der Waals surface area contributed by atoms with E-state index in [1.165, 1.54) is 0 Å². The summed E-state index contributed by atoms with van der Waals surface area (Å²) in [6.07, 6.45) is 3.95. The molecule has 19 heavy (non-hydrogen) atoms. The molecule has 2 aromatic rings. The van der Waals surface area contributed by atoms with Crippen LogP contribution >= 0.6 is 0 Å². The van der Waals surface area contributed by atoms with Crippen molar-refractivity contribution in [1.82, 2.24) is 10.2 Å². The molecule has 0 amide bonds. The quantitative estimate of drug-likeness (QED) is 0.808. The minimum atomic E-state index is 0.108. The number of rotatable bonds is 6. The molecular weight excluding hydrogens is 240 g/mol. The molecule has 0 aliphatic carbocycles. The van der Waals surface area contributed by atoms with Gasteiger partial charge in [-0.15, -0.1) is 0 Å². The number of hydrogen-bond donors (Lipinski definition) is 1. The van der Waals surface area contributed by atoms with E-state index in [4.69, 9.17) is 4.74 Å². The number of nitrogens with zero attached hydrogens (tertiary/aromatic N) is 1. The maximum atomic E-state index is 10.1. The number of nitrogens with one attached hydrogen (secondary N) is 1. The molecule has 0 fully saturated rings. The Morgan fingerprint density at radius 2 is 2.11 bits per heavy atom. The summed E-state index contributed by atoms with van der Waals surface area (Å²) in [5.74, 6) is 0.108. The highest BCUT2D eigenvalue weighted by atomic mass is 16.5. The van der Waals surface area contributed by atoms with Crippen LogP contribution in [0.4, 0.5) is 0 Å². The van der Waals surface area contributed by atoms with Gasteiger partial charge in [-0.2, -0.15) is 5.10 Å². The van der Waals surface area contributed by atoms with Gasteiger partial charge >= 0.3 is 0 Å². The second kappa shape index (κ2) is 6.54. The predicted molar refractivity (Wildman–Crippen MR) is 74.4 cm³/mol. The van der Waals surface area contributed by atoms with Crippen molar-refractivity contribution < 1.29 is 9.53 Å². The van der Waals surface area contributed by atoms with Gasteiger partial charge in [-0.3, -0.25) is 9.89 Å². The second-order valence-electron chi connectivity index (χ2n) is 4.32. The van der Waals surface area contributed by atoms with E-state index in [9.17, 15) is 4.79 Å². The highest BCUT2D eigenvalue weighted by molar-refractivity contribution is 5.67. The molecule has 0 aliphatic rings. The molecule has 0 spiro atoms. The third kappa shape index (κ3) is 3.81. The Balaban J connectivity index is 2.01. The average molecular weight is 256 g/mol. The fourth-order valence-corrected chi connectivity index (χ4v) is 1.71. The van der Waals surface area contributed by atoms with Gasteiger partial charge in [0.1, 0.15) is 0 Å². The number of hydrogen-bond acceptors (Lipinski definition) is 3. The first-order chi connectivity index (χ1) is 9.29. The van der Waals surface area contributed by atoms with Gasteiger partial charge in [0.05, 0.1) is 12.3 Å². The molecule has 0 saturated heterocycles. The third-order valence-corrected chi connectivity index (χ3v) is 2.81. The molecule has 0 bridgehead atoms. The number of ether oxygens (including phenoxy) is 1. The van der Waals surface area contributed by atoms with Gasteiger partial charge in [0.15, 0.2) is 0 Å².